The number of amides is 1. The van der Waals surface area contributed by atoms with E-state index in [2.05, 4.69) is 0 Å². The number of benzene rings is 1. The van der Waals surface area contributed by atoms with Crippen LogP contribution in [-0.2, 0) is 14.4 Å². The van der Waals surface area contributed by atoms with E-state index in [-0.39, 0.29) is 18.3 Å². The molecule has 0 saturated carbocycles. The van der Waals surface area contributed by atoms with Crippen molar-refractivity contribution in [3.8, 4) is 5.75 Å². The summed E-state index contributed by atoms with van der Waals surface area (Å²) in [5.74, 6) is 0.0125. The minimum absolute atomic E-state index is 0.0153. The van der Waals surface area contributed by atoms with Crippen LogP contribution in [0.25, 0.3) is 10.9 Å². The van der Waals surface area contributed by atoms with Crippen molar-refractivity contribution >= 4 is 22.8 Å². The van der Waals surface area contributed by atoms with Gasteiger partial charge in [-0.05, 0) is 25.1 Å². The number of methoxy groups -OCH3 is 1. The molecule has 1 aliphatic heterocycles. The zero-order chi connectivity index (χ0) is 16.6. The SMILES string of the molecule is CCOC(=O)CC1N(OC)C(=O)c2cc3ccc(OC)cc3n21. The first-order valence-corrected chi connectivity index (χ1v) is 7.33. The summed E-state index contributed by atoms with van der Waals surface area (Å²) in [7, 11) is 2.99. The average Bonchev–Trinajstić information content (AvgIpc) is 3.03. The molecule has 23 heavy (non-hydrogen) atoms. The number of carbonyl (C=O) groups excluding carboxylic acids is 2. The van der Waals surface area contributed by atoms with Crippen molar-refractivity contribution in [1.29, 1.82) is 0 Å². The number of hydrogen-bond acceptors (Lipinski definition) is 5. The Bertz CT molecular complexity index is 767. The molecule has 122 valence electrons. The van der Waals surface area contributed by atoms with E-state index in [4.69, 9.17) is 14.3 Å². The van der Waals surface area contributed by atoms with E-state index < -0.39 is 6.17 Å². The van der Waals surface area contributed by atoms with Gasteiger partial charge in [-0.15, -0.1) is 0 Å². The Balaban J connectivity index is 2.10. The normalized spacial score (nSPS) is 16.7. The molecule has 0 bridgehead atoms. The molecule has 0 radical (unpaired) electrons. The highest BCUT2D eigenvalue weighted by Gasteiger charge is 2.40. The smallest absolute Gasteiger partial charge is 0.309 e. The largest absolute Gasteiger partial charge is 0.497 e. The molecule has 3 rings (SSSR count). The third-order valence-corrected chi connectivity index (χ3v) is 3.89. The molecule has 1 aromatic carbocycles. The summed E-state index contributed by atoms with van der Waals surface area (Å²) in [6, 6.07) is 7.33. The van der Waals surface area contributed by atoms with Crippen molar-refractivity contribution in [2.45, 2.75) is 19.5 Å². The third-order valence-electron chi connectivity index (χ3n) is 3.89. The summed E-state index contributed by atoms with van der Waals surface area (Å²) >= 11 is 0. The van der Waals surface area contributed by atoms with Gasteiger partial charge in [0.25, 0.3) is 5.91 Å². The summed E-state index contributed by atoms with van der Waals surface area (Å²) in [6.07, 6.45) is -0.562. The quantitative estimate of drug-likeness (QED) is 0.790. The van der Waals surface area contributed by atoms with Gasteiger partial charge in [-0.2, -0.15) is 5.06 Å². The molecule has 1 atom stereocenters. The van der Waals surface area contributed by atoms with E-state index in [1.165, 1.54) is 12.2 Å². The minimum Gasteiger partial charge on any atom is -0.497 e. The third kappa shape index (κ3) is 2.43. The molecule has 2 aromatic rings. The summed E-state index contributed by atoms with van der Waals surface area (Å²) in [5, 5.41) is 2.10. The van der Waals surface area contributed by atoms with Crippen molar-refractivity contribution in [2.75, 3.05) is 20.8 Å². The highest BCUT2D eigenvalue weighted by molar-refractivity contribution is 6.01. The number of hydrogen-bond donors (Lipinski definition) is 0. The Hall–Kier alpha value is -2.54. The van der Waals surface area contributed by atoms with Gasteiger partial charge in [-0.1, -0.05) is 0 Å². The molecule has 0 saturated heterocycles. The fraction of sp³-hybridized carbons (Fsp3) is 0.375. The molecule has 2 heterocycles. The van der Waals surface area contributed by atoms with Gasteiger partial charge >= 0.3 is 5.97 Å². The van der Waals surface area contributed by atoms with Crippen LogP contribution in [0.15, 0.2) is 24.3 Å². The van der Waals surface area contributed by atoms with E-state index in [9.17, 15) is 9.59 Å². The second-order valence-corrected chi connectivity index (χ2v) is 5.13. The molecule has 1 unspecified atom stereocenters. The zero-order valence-corrected chi connectivity index (χ0v) is 13.2. The van der Waals surface area contributed by atoms with Gasteiger partial charge in [0.2, 0.25) is 0 Å². The summed E-state index contributed by atoms with van der Waals surface area (Å²) in [6.45, 7) is 2.03. The lowest BCUT2D eigenvalue weighted by Gasteiger charge is -2.23. The predicted octanol–water partition coefficient (Wildman–Crippen LogP) is 2.12. The number of hydroxylamine groups is 2. The lowest BCUT2D eigenvalue weighted by atomic mass is 10.2. The highest BCUT2D eigenvalue weighted by Crippen LogP contribution is 2.36. The van der Waals surface area contributed by atoms with Crippen LogP contribution in [0.1, 0.15) is 30.0 Å². The van der Waals surface area contributed by atoms with Crippen molar-refractivity contribution in [2.24, 2.45) is 0 Å². The van der Waals surface area contributed by atoms with Crippen LogP contribution < -0.4 is 4.74 Å². The lowest BCUT2D eigenvalue weighted by Crippen LogP contribution is -2.30. The van der Waals surface area contributed by atoms with E-state index in [0.29, 0.717) is 18.1 Å². The van der Waals surface area contributed by atoms with Gasteiger partial charge in [0, 0.05) is 11.5 Å². The molecule has 7 heteroatoms. The number of ether oxygens (including phenoxy) is 2. The van der Waals surface area contributed by atoms with Crippen LogP contribution in [0.4, 0.5) is 0 Å². The van der Waals surface area contributed by atoms with Gasteiger partial charge in [-0.3, -0.25) is 14.4 Å². The van der Waals surface area contributed by atoms with Crippen LogP contribution in [-0.4, -0.2) is 42.3 Å². The maximum absolute atomic E-state index is 12.5. The van der Waals surface area contributed by atoms with Crippen molar-refractivity contribution in [1.82, 2.24) is 9.63 Å². The van der Waals surface area contributed by atoms with Gasteiger partial charge in [0.05, 0.1) is 32.8 Å². The number of rotatable bonds is 5. The first-order valence-electron chi connectivity index (χ1n) is 7.33. The number of carbonyl (C=O) groups is 2. The van der Waals surface area contributed by atoms with Crippen molar-refractivity contribution < 1.29 is 23.9 Å². The van der Waals surface area contributed by atoms with E-state index in [1.54, 1.807) is 24.7 Å². The Labute approximate surface area is 133 Å². The summed E-state index contributed by atoms with van der Waals surface area (Å²) < 4.78 is 12.1. The molecule has 1 aromatic heterocycles. The van der Waals surface area contributed by atoms with Crippen molar-refractivity contribution in [3.63, 3.8) is 0 Å². The Kier molecular flexibility index (Phi) is 3.96. The minimum atomic E-state index is -0.578. The first kappa shape index (κ1) is 15.4. The zero-order valence-electron chi connectivity index (χ0n) is 13.2. The molecule has 1 aliphatic rings. The Morgan fingerprint density at radius 1 is 1.26 bits per heavy atom. The monoisotopic (exact) mass is 318 g/mol. The van der Waals surface area contributed by atoms with E-state index >= 15 is 0 Å². The van der Waals surface area contributed by atoms with Crippen LogP contribution in [0.2, 0.25) is 0 Å². The van der Waals surface area contributed by atoms with Crippen LogP contribution in [0, 0.1) is 0 Å². The molecule has 0 N–H and O–H groups in total. The Morgan fingerprint density at radius 3 is 2.70 bits per heavy atom. The number of aromatic nitrogens is 1. The molecule has 1 amide bonds. The van der Waals surface area contributed by atoms with E-state index in [1.807, 2.05) is 18.2 Å². The van der Waals surface area contributed by atoms with E-state index in [0.717, 1.165) is 10.9 Å². The summed E-state index contributed by atoms with van der Waals surface area (Å²) in [4.78, 5) is 29.6. The number of esters is 1. The topological polar surface area (TPSA) is 70.0 Å². The molecular formula is C16H18N2O5. The molecule has 0 fully saturated rings. The Morgan fingerprint density at radius 2 is 2.04 bits per heavy atom. The van der Waals surface area contributed by atoms with Gasteiger partial charge in [-0.25, -0.2) is 0 Å². The number of nitrogens with zero attached hydrogens (tertiary/aromatic N) is 2. The van der Waals surface area contributed by atoms with Crippen LogP contribution in [0.3, 0.4) is 0 Å². The molecular weight excluding hydrogens is 300 g/mol. The maximum Gasteiger partial charge on any atom is 0.309 e. The van der Waals surface area contributed by atoms with Crippen LogP contribution in [0.5, 0.6) is 5.75 Å². The molecule has 7 nitrogen and oxygen atoms in total. The second-order valence-electron chi connectivity index (χ2n) is 5.13. The predicted molar refractivity (Wildman–Crippen MR) is 82.0 cm³/mol. The fourth-order valence-corrected chi connectivity index (χ4v) is 2.91. The van der Waals surface area contributed by atoms with Crippen LogP contribution >= 0.6 is 0 Å². The van der Waals surface area contributed by atoms with Gasteiger partial charge < -0.3 is 14.0 Å². The molecule has 0 spiro atoms. The second kappa shape index (κ2) is 5.92. The number of fused-ring (bicyclic) bond motifs is 3. The first-order chi connectivity index (χ1) is 11.1. The lowest BCUT2D eigenvalue weighted by molar-refractivity contribution is -0.157. The van der Waals surface area contributed by atoms with Gasteiger partial charge in [0.1, 0.15) is 17.6 Å². The fourth-order valence-electron chi connectivity index (χ4n) is 2.91. The van der Waals surface area contributed by atoms with Crippen molar-refractivity contribution in [3.05, 3.63) is 30.0 Å². The highest BCUT2D eigenvalue weighted by atomic mass is 16.7. The standard InChI is InChI=1S/C16H18N2O5/c1-4-23-15(19)9-14-17-12-8-11(21-2)6-5-10(12)7-13(17)16(20)18(14)22-3/h5-8,14H,4,9H2,1-3H3. The maximum atomic E-state index is 12.5. The summed E-state index contributed by atoms with van der Waals surface area (Å²) in [5.41, 5.74) is 1.28. The van der Waals surface area contributed by atoms with Gasteiger partial charge in [0.15, 0.2) is 0 Å². The average molecular weight is 318 g/mol. The molecule has 0 aliphatic carbocycles.